The van der Waals surface area contributed by atoms with Gasteiger partial charge in [0.15, 0.2) is 9.84 Å². The Kier molecular flexibility index (Phi) is 6.48. The summed E-state index contributed by atoms with van der Waals surface area (Å²) in [5, 5.41) is 4.63. The number of amides is 1. The maximum Gasteiger partial charge on any atom is 0.249 e. The summed E-state index contributed by atoms with van der Waals surface area (Å²) in [4.78, 5) is 19.1. The number of benzene rings is 2. The van der Waals surface area contributed by atoms with E-state index >= 15 is 0 Å². The van der Waals surface area contributed by atoms with Crippen LogP contribution in [0.4, 0.5) is 0 Å². The smallest absolute Gasteiger partial charge is 0.249 e. The van der Waals surface area contributed by atoms with E-state index in [0.717, 1.165) is 12.0 Å². The summed E-state index contributed by atoms with van der Waals surface area (Å²) in [7, 11) is -2.08. The first-order chi connectivity index (χ1) is 15.4. The Morgan fingerprint density at radius 3 is 2.59 bits per heavy atom. The molecule has 0 bridgehead atoms. The Morgan fingerprint density at radius 2 is 1.91 bits per heavy atom. The highest BCUT2D eigenvalue weighted by Crippen LogP contribution is 2.33. The minimum atomic E-state index is -3.59. The fraction of sp³-hybridized carbons (Fsp3) is 0.318. The van der Waals surface area contributed by atoms with Crippen molar-refractivity contribution in [2.24, 2.45) is 0 Å². The molecule has 0 aliphatic carbocycles. The van der Waals surface area contributed by atoms with Crippen LogP contribution in [0.1, 0.15) is 31.2 Å². The molecule has 0 radical (unpaired) electrons. The van der Waals surface area contributed by atoms with Crippen LogP contribution in [0.5, 0.6) is 5.75 Å². The first-order valence-corrected chi connectivity index (χ1v) is 12.2. The van der Waals surface area contributed by atoms with Crippen LogP contribution in [0.15, 0.2) is 57.9 Å². The van der Waals surface area contributed by atoms with Crippen LogP contribution in [-0.2, 0) is 14.6 Å². The number of likely N-dealkylation sites (tertiary alicyclic amines) is 1. The molecular formula is C22H22ClN3O5S. The standard InChI is InChI=1S/C22H22ClN3O5S/c1-30-17-8-10-18(11-9-17)32(28,29)14-12-20(27)26-13-2-3-19(26)22-24-21(25-31-22)15-4-6-16(23)7-5-15/h4-11,19H,2-3,12-14H2,1H3/t19-/m1/s1. The summed E-state index contributed by atoms with van der Waals surface area (Å²) in [5.41, 5.74) is 0.755. The second kappa shape index (κ2) is 9.30. The Morgan fingerprint density at radius 1 is 1.19 bits per heavy atom. The highest BCUT2D eigenvalue weighted by molar-refractivity contribution is 7.91. The summed E-state index contributed by atoms with van der Waals surface area (Å²) in [6.45, 7) is 0.519. The molecule has 2 heterocycles. The molecule has 1 saturated heterocycles. The van der Waals surface area contributed by atoms with Gasteiger partial charge in [-0.25, -0.2) is 8.42 Å². The molecule has 1 aromatic heterocycles. The van der Waals surface area contributed by atoms with Crippen molar-refractivity contribution < 1.29 is 22.5 Å². The lowest BCUT2D eigenvalue weighted by Gasteiger charge is -2.21. The van der Waals surface area contributed by atoms with E-state index in [4.69, 9.17) is 20.9 Å². The van der Waals surface area contributed by atoms with Gasteiger partial charge in [-0.1, -0.05) is 16.8 Å². The number of hydrogen-bond acceptors (Lipinski definition) is 7. The van der Waals surface area contributed by atoms with Crippen molar-refractivity contribution in [3.8, 4) is 17.1 Å². The van der Waals surface area contributed by atoms with Crippen molar-refractivity contribution in [3.05, 3.63) is 59.4 Å². The minimum Gasteiger partial charge on any atom is -0.497 e. The molecule has 2 aromatic carbocycles. The van der Waals surface area contributed by atoms with Gasteiger partial charge in [0.25, 0.3) is 0 Å². The zero-order chi connectivity index (χ0) is 22.7. The number of rotatable bonds is 7. The topological polar surface area (TPSA) is 103 Å². The average Bonchev–Trinajstić information content (AvgIpc) is 3.48. The lowest BCUT2D eigenvalue weighted by atomic mass is 10.2. The second-order valence-electron chi connectivity index (χ2n) is 7.45. The van der Waals surface area contributed by atoms with Gasteiger partial charge in [-0.05, 0) is 61.4 Å². The monoisotopic (exact) mass is 475 g/mol. The third-order valence-electron chi connectivity index (χ3n) is 5.41. The quantitative estimate of drug-likeness (QED) is 0.510. The number of nitrogens with zero attached hydrogens (tertiary/aromatic N) is 3. The molecule has 1 aliphatic rings. The number of aromatic nitrogens is 2. The van der Waals surface area contributed by atoms with E-state index < -0.39 is 9.84 Å². The number of halogens is 1. The number of ether oxygens (including phenoxy) is 1. The third kappa shape index (κ3) is 4.78. The zero-order valence-electron chi connectivity index (χ0n) is 17.4. The summed E-state index contributed by atoms with van der Waals surface area (Å²) < 4.78 is 35.7. The average molecular weight is 476 g/mol. The first-order valence-electron chi connectivity index (χ1n) is 10.1. The van der Waals surface area contributed by atoms with Gasteiger partial charge in [0.1, 0.15) is 11.8 Å². The van der Waals surface area contributed by atoms with Crippen LogP contribution in [-0.4, -0.2) is 48.8 Å². The number of hydrogen-bond donors (Lipinski definition) is 0. The maximum absolute atomic E-state index is 12.9. The molecule has 8 nitrogen and oxygen atoms in total. The van der Waals surface area contributed by atoms with Crippen LogP contribution in [0.2, 0.25) is 5.02 Å². The molecule has 32 heavy (non-hydrogen) atoms. The Hall–Kier alpha value is -2.91. The van der Waals surface area contributed by atoms with Gasteiger partial charge in [0.2, 0.25) is 17.6 Å². The van der Waals surface area contributed by atoms with Crippen LogP contribution >= 0.6 is 11.6 Å². The third-order valence-corrected chi connectivity index (χ3v) is 7.39. The molecule has 1 amide bonds. The normalized spacial score (nSPS) is 16.3. The summed E-state index contributed by atoms with van der Waals surface area (Å²) >= 11 is 5.92. The SMILES string of the molecule is COc1ccc(S(=O)(=O)CCC(=O)N2CCC[C@@H]2c2nc(-c3ccc(Cl)cc3)no2)cc1. The van der Waals surface area contributed by atoms with Gasteiger partial charge in [-0.3, -0.25) is 4.79 Å². The minimum absolute atomic E-state index is 0.122. The van der Waals surface area contributed by atoms with E-state index in [0.29, 0.717) is 35.5 Å². The maximum atomic E-state index is 12.9. The molecule has 0 spiro atoms. The summed E-state index contributed by atoms with van der Waals surface area (Å²) in [6.07, 6.45) is 1.34. The number of methoxy groups -OCH3 is 1. The fourth-order valence-corrected chi connectivity index (χ4v) is 5.03. The molecule has 4 rings (SSSR count). The molecule has 168 valence electrons. The van der Waals surface area contributed by atoms with E-state index in [1.54, 1.807) is 41.3 Å². The molecule has 1 fully saturated rings. The molecule has 0 N–H and O–H groups in total. The van der Waals surface area contributed by atoms with Crippen molar-refractivity contribution in [3.63, 3.8) is 0 Å². The van der Waals surface area contributed by atoms with Crippen molar-refractivity contribution in [2.45, 2.75) is 30.2 Å². The van der Waals surface area contributed by atoms with Crippen LogP contribution in [0.3, 0.4) is 0 Å². The van der Waals surface area contributed by atoms with Gasteiger partial charge >= 0.3 is 0 Å². The van der Waals surface area contributed by atoms with Crippen molar-refractivity contribution in [2.75, 3.05) is 19.4 Å². The van der Waals surface area contributed by atoms with Gasteiger partial charge in [-0.15, -0.1) is 0 Å². The first kappa shape index (κ1) is 22.3. The molecule has 0 unspecified atom stereocenters. The molecule has 0 saturated carbocycles. The lowest BCUT2D eigenvalue weighted by molar-refractivity contribution is -0.132. The summed E-state index contributed by atoms with van der Waals surface area (Å²) in [5.74, 6) is 0.798. The number of carbonyl (C=O) groups is 1. The highest BCUT2D eigenvalue weighted by Gasteiger charge is 2.34. The Labute approximate surface area is 191 Å². The van der Waals surface area contributed by atoms with Crippen molar-refractivity contribution in [1.29, 1.82) is 0 Å². The highest BCUT2D eigenvalue weighted by atomic mass is 35.5. The predicted octanol–water partition coefficient (Wildman–Crippen LogP) is 3.93. The fourth-order valence-electron chi connectivity index (χ4n) is 3.67. The van der Waals surface area contributed by atoms with Gasteiger partial charge in [-0.2, -0.15) is 4.98 Å². The van der Waals surface area contributed by atoms with Crippen molar-refractivity contribution in [1.82, 2.24) is 15.0 Å². The van der Waals surface area contributed by atoms with E-state index in [-0.39, 0.29) is 29.0 Å². The largest absolute Gasteiger partial charge is 0.497 e. The predicted molar refractivity (Wildman–Crippen MR) is 118 cm³/mol. The lowest BCUT2D eigenvalue weighted by Crippen LogP contribution is -2.32. The number of sulfone groups is 1. The second-order valence-corrected chi connectivity index (χ2v) is 10.00. The van der Waals surface area contributed by atoms with Gasteiger partial charge < -0.3 is 14.2 Å². The van der Waals surface area contributed by atoms with E-state index in [2.05, 4.69) is 10.1 Å². The van der Waals surface area contributed by atoms with Crippen LogP contribution in [0, 0.1) is 0 Å². The zero-order valence-corrected chi connectivity index (χ0v) is 19.0. The van der Waals surface area contributed by atoms with Gasteiger partial charge in [0, 0.05) is 23.6 Å². The van der Waals surface area contributed by atoms with Crippen LogP contribution in [0.25, 0.3) is 11.4 Å². The molecule has 10 heteroatoms. The van der Waals surface area contributed by atoms with Gasteiger partial charge in [0.05, 0.1) is 17.8 Å². The van der Waals surface area contributed by atoms with Crippen molar-refractivity contribution >= 4 is 27.3 Å². The Bertz CT molecular complexity index is 1190. The number of carbonyl (C=O) groups excluding carboxylic acids is 1. The Balaban J connectivity index is 1.43. The molecule has 1 atom stereocenters. The summed E-state index contributed by atoms with van der Waals surface area (Å²) in [6, 6.07) is 12.8. The van der Waals surface area contributed by atoms with E-state index in [9.17, 15) is 13.2 Å². The molecular weight excluding hydrogens is 454 g/mol. The molecule has 1 aliphatic heterocycles. The van der Waals surface area contributed by atoms with Crippen LogP contribution < -0.4 is 4.74 Å². The van der Waals surface area contributed by atoms with E-state index in [1.807, 2.05) is 0 Å². The molecule has 3 aromatic rings. The van der Waals surface area contributed by atoms with E-state index in [1.165, 1.54) is 19.2 Å².